The molecule has 18 heavy (non-hydrogen) atoms. The predicted molar refractivity (Wildman–Crippen MR) is 67.2 cm³/mol. The molecule has 2 N–H and O–H groups in total. The predicted octanol–water partition coefficient (Wildman–Crippen LogP) is 2.49. The zero-order chi connectivity index (χ0) is 13.6. The van der Waals surface area contributed by atoms with Gasteiger partial charge >= 0.3 is 12.2 Å². The van der Waals surface area contributed by atoms with Crippen LogP contribution in [0.3, 0.4) is 0 Å². The number of carbonyl (C=O) groups is 2. The monoisotopic (exact) mass is 259 g/mol. The molecule has 0 saturated heterocycles. The lowest BCUT2D eigenvalue weighted by Crippen LogP contribution is -2.25. The summed E-state index contributed by atoms with van der Waals surface area (Å²) in [5.74, 6) is 0. The van der Waals surface area contributed by atoms with Gasteiger partial charge < -0.3 is 14.8 Å². The SMILES string of the molecule is CCCCOC(=O)NCCCCCCOC([NH])=O. The molecule has 0 aliphatic heterocycles. The number of carbonyl (C=O) groups excluding carboxylic acids is 2. The Labute approximate surface area is 108 Å². The van der Waals surface area contributed by atoms with Gasteiger partial charge in [-0.25, -0.2) is 15.3 Å². The van der Waals surface area contributed by atoms with Crippen molar-refractivity contribution in [1.82, 2.24) is 11.1 Å². The van der Waals surface area contributed by atoms with Crippen molar-refractivity contribution in [2.75, 3.05) is 19.8 Å². The van der Waals surface area contributed by atoms with E-state index in [0.717, 1.165) is 38.5 Å². The number of unbranched alkanes of at least 4 members (excludes halogenated alkanes) is 4. The maximum atomic E-state index is 11.1. The summed E-state index contributed by atoms with van der Waals surface area (Å²) in [6, 6.07) is 0. The maximum absolute atomic E-state index is 11.1. The van der Waals surface area contributed by atoms with Crippen molar-refractivity contribution in [2.24, 2.45) is 0 Å². The highest BCUT2D eigenvalue weighted by Gasteiger charge is 2.00. The highest BCUT2D eigenvalue weighted by atomic mass is 16.5. The Balaban J connectivity index is 3.15. The number of hydrogen-bond acceptors (Lipinski definition) is 4. The van der Waals surface area contributed by atoms with Gasteiger partial charge in [0, 0.05) is 6.54 Å². The van der Waals surface area contributed by atoms with Crippen LogP contribution in [0, 0.1) is 0 Å². The second-order valence-corrected chi connectivity index (χ2v) is 3.97. The van der Waals surface area contributed by atoms with E-state index in [0.29, 0.717) is 19.8 Å². The van der Waals surface area contributed by atoms with Crippen LogP contribution in [0.2, 0.25) is 0 Å². The number of nitrogens with one attached hydrogen (secondary N) is 2. The van der Waals surface area contributed by atoms with Crippen molar-refractivity contribution < 1.29 is 19.1 Å². The minimum atomic E-state index is -0.980. The number of amides is 2. The fraction of sp³-hybridized carbons (Fsp3) is 0.833. The van der Waals surface area contributed by atoms with Crippen LogP contribution in [-0.2, 0) is 9.47 Å². The maximum Gasteiger partial charge on any atom is 0.426 e. The highest BCUT2D eigenvalue weighted by molar-refractivity contribution is 5.66. The van der Waals surface area contributed by atoms with Crippen LogP contribution in [0.25, 0.3) is 0 Å². The smallest absolute Gasteiger partial charge is 0.426 e. The summed E-state index contributed by atoms with van der Waals surface area (Å²) in [7, 11) is 0. The summed E-state index contributed by atoms with van der Waals surface area (Å²) in [5, 5.41) is 2.67. The van der Waals surface area contributed by atoms with E-state index >= 15 is 0 Å². The highest BCUT2D eigenvalue weighted by Crippen LogP contribution is 1.99. The first-order valence-corrected chi connectivity index (χ1v) is 6.45. The number of ether oxygens (including phenoxy) is 2. The Bertz CT molecular complexity index is 234. The van der Waals surface area contributed by atoms with Crippen molar-refractivity contribution in [3.63, 3.8) is 0 Å². The average Bonchev–Trinajstić information content (AvgIpc) is 2.32. The van der Waals surface area contributed by atoms with Crippen LogP contribution in [0.1, 0.15) is 45.4 Å². The molecule has 0 bridgehead atoms. The van der Waals surface area contributed by atoms with Gasteiger partial charge in [-0.2, -0.15) is 0 Å². The largest absolute Gasteiger partial charge is 0.450 e. The second-order valence-electron chi connectivity index (χ2n) is 3.97. The lowest BCUT2D eigenvalue weighted by molar-refractivity contribution is 0.144. The van der Waals surface area contributed by atoms with Crippen LogP contribution in [0.5, 0.6) is 0 Å². The van der Waals surface area contributed by atoms with E-state index in [9.17, 15) is 9.59 Å². The zero-order valence-electron chi connectivity index (χ0n) is 11.0. The molecular weight excluding hydrogens is 236 g/mol. The van der Waals surface area contributed by atoms with Gasteiger partial charge in [-0.3, -0.25) is 0 Å². The van der Waals surface area contributed by atoms with Crippen molar-refractivity contribution in [3.05, 3.63) is 0 Å². The molecule has 0 saturated carbocycles. The third-order valence-corrected chi connectivity index (χ3v) is 2.30. The summed E-state index contributed by atoms with van der Waals surface area (Å²) in [5.41, 5.74) is 6.52. The first-order valence-electron chi connectivity index (χ1n) is 6.45. The van der Waals surface area contributed by atoms with E-state index in [-0.39, 0.29) is 6.09 Å². The van der Waals surface area contributed by atoms with Gasteiger partial charge in [0.25, 0.3) is 0 Å². The fourth-order valence-corrected chi connectivity index (χ4v) is 1.30. The van der Waals surface area contributed by atoms with Crippen molar-refractivity contribution in [1.29, 1.82) is 0 Å². The Kier molecular flexibility index (Phi) is 11.0. The first kappa shape index (κ1) is 16.5. The molecule has 0 spiro atoms. The van der Waals surface area contributed by atoms with Gasteiger partial charge in [-0.15, -0.1) is 0 Å². The van der Waals surface area contributed by atoms with E-state index in [1.165, 1.54) is 0 Å². The second kappa shape index (κ2) is 12.0. The van der Waals surface area contributed by atoms with Gasteiger partial charge in [0.15, 0.2) is 0 Å². The molecule has 0 fully saturated rings. The molecular formula is C12H23N2O4. The molecule has 0 aliphatic carbocycles. The van der Waals surface area contributed by atoms with Gasteiger partial charge in [0.05, 0.1) is 13.2 Å². The molecule has 0 aliphatic rings. The summed E-state index contributed by atoms with van der Waals surface area (Å²) in [6.45, 7) is 3.41. The summed E-state index contributed by atoms with van der Waals surface area (Å²) in [4.78, 5) is 21.3. The van der Waals surface area contributed by atoms with Crippen molar-refractivity contribution >= 4 is 12.2 Å². The standard InChI is InChI=1S/C12H23N2O4/c1-2-3-9-18-12(16)14-8-6-4-5-7-10-17-11(13)15/h13H,2-10H2,1H3,(H,14,16). The summed E-state index contributed by atoms with van der Waals surface area (Å²) >= 11 is 0. The quantitative estimate of drug-likeness (QED) is 0.610. The molecule has 0 aromatic heterocycles. The van der Waals surface area contributed by atoms with Crippen LogP contribution in [-0.4, -0.2) is 31.9 Å². The molecule has 1 radical (unpaired) electrons. The third kappa shape index (κ3) is 12.6. The van der Waals surface area contributed by atoms with E-state index in [1.807, 2.05) is 6.92 Å². The minimum Gasteiger partial charge on any atom is -0.450 e. The van der Waals surface area contributed by atoms with E-state index < -0.39 is 6.09 Å². The van der Waals surface area contributed by atoms with Crippen LogP contribution in [0.4, 0.5) is 9.59 Å². The number of alkyl carbamates (subject to hydrolysis) is 1. The lowest BCUT2D eigenvalue weighted by Gasteiger charge is -2.06. The van der Waals surface area contributed by atoms with E-state index in [4.69, 9.17) is 10.5 Å². The molecule has 0 aromatic rings. The molecule has 0 unspecified atom stereocenters. The number of rotatable bonds is 10. The fourth-order valence-electron chi connectivity index (χ4n) is 1.30. The van der Waals surface area contributed by atoms with Gasteiger partial charge in [0.2, 0.25) is 0 Å². The molecule has 0 atom stereocenters. The third-order valence-electron chi connectivity index (χ3n) is 2.30. The lowest BCUT2D eigenvalue weighted by atomic mass is 10.2. The Morgan fingerprint density at radius 1 is 1.00 bits per heavy atom. The summed E-state index contributed by atoms with van der Waals surface area (Å²) in [6.07, 6.45) is 4.06. The van der Waals surface area contributed by atoms with Crippen LogP contribution >= 0.6 is 0 Å². The van der Waals surface area contributed by atoms with Crippen molar-refractivity contribution in [3.8, 4) is 0 Å². The number of hydrogen-bond donors (Lipinski definition) is 1. The molecule has 6 nitrogen and oxygen atoms in total. The Morgan fingerprint density at radius 3 is 2.33 bits per heavy atom. The normalized spacial score (nSPS) is 9.83. The Hall–Kier alpha value is -1.46. The van der Waals surface area contributed by atoms with E-state index in [2.05, 4.69) is 10.1 Å². The molecule has 0 rings (SSSR count). The molecule has 6 heteroatoms. The van der Waals surface area contributed by atoms with Gasteiger partial charge in [-0.05, 0) is 25.7 Å². The van der Waals surface area contributed by atoms with Crippen LogP contribution < -0.4 is 11.1 Å². The molecule has 0 heterocycles. The molecule has 105 valence electrons. The van der Waals surface area contributed by atoms with Gasteiger partial charge in [0.1, 0.15) is 0 Å². The van der Waals surface area contributed by atoms with Crippen molar-refractivity contribution in [2.45, 2.75) is 45.4 Å². The summed E-state index contributed by atoms with van der Waals surface area (Å²) < 4.78 is 9.41. The zero-order valence-corrected chi connectivity index (χ0v) is 11.0. The molecule has 0 aromatic carbocycles. The minimum absolute atomic E-state index is 0.300. The Morgan fingerprint density at radius 2 is 1.67 bits per heavy atom. The van der Waals surface area contributed by atoms with Crippen LogP contribution in [0.15, 0.2) is 0 Å². The topological polar surface area (TPSA) is 88.4 Å². The molecule has 2 amide bonds. The van der Waals surface area contributed by atoms with E-state index in [1.54, 1.807) is 0 Å². The first-order chi connectivity index (χ1) is 8.66. The van der Waals surface area contributed by atoms with Gasteiger partial charge in [-0.1, -0.05) is 19.8 Å². The average molecular weight is 259 g/mol.